The molecule has 1 aliphatic carbocycles. The topological polar surface area (TPSA) is 38.3 Å². The molecule has 0 aromatic heterocycles. The van der Waals surface area contributed by atoms with Crippen LogP contribution in [-0.2, 0) is 0 Å². The highest BCUT2D eigenvalue weighted by Gasteiger charge is 2.23. The molecular formula is C17H17NO2. The molecular weight excluding hydrogens is 250 g/mol. The molecule has 0 unspecified atom stereocenters. The van der Waals surface area contributed by atoms with E-state index in [0.717, 1.165) is 24.3 Å². The Balaban J connectivity index is 1.61. The molecule has 2 aromatic carbocycles. The molecule has 1 N–H and O–H groups in total. The zero-order chi connectivity index (χ0) is 13.8. The Labute approximate surface area is 118 Å². The summed E-state index contributed by atoms with van der Waals surface area (Å²) in [6, 6.07) is 17.1. The van der Waals surface area contributed by atoms with Crippen LogP contribution in [0.3, 0.4) is 0 Å². The number of Topliss-reactive ketones (excluding diaryl/α,β-unsaturated/α-hetero) is 1. The number of hydrogen-bond donors (Lipinski definition) is 1. The van der Waals surface area contributed by atoms with Crippen molar-refractivity contribution in [3.05, 3.63) is 60.2 Å². The third-order valence-corrected chi connectivity index (χ3v) is 3.21. The second-order valence-corrected chi connectivity index (χ2v) is 4.99. The van der Waals surface area contributed by atoms with Crippen LogP contribution in [-0.4, -0.2) is 18.4 Å². The fourth-order valence-electron chi connectivity index (χ4n) is 1.96. The fourth-order valence-corrected chi connectivity index (χ4v) is 1.96. The van der Waals surface area contributed by atoms with Crippen molar-refractivity contribution < 1.29 is 9.53 Å². The number of hydrogen-bond acceptors (Lipinski definition) is 3. The van der Waals surface area contributed by atoms with E-state index in [-0.39, 0.29) is 12.3 Å². The number of ketones is 1. The zero-order valence-electron chi connectivity index (χ0n) is 11.2. The Morgan fingerprint density at radius 2 is 1.90 bits per heavy atom. The normalized spacial score (nSPS) is 13.8. The fraction of sp³-hybridized carbons (Fsp3) is 0.235. The highest BCUT2D eigenvalue weighted by Crippen LogP contribution is 2.27. The summed E-state index contributed by atoms with van der Waals surface area (Å²) in [6.07, 6.45) is 2.59. The van der Waals surface area contributed by atoms with Crippen molar-refractivity contribution in [2.75, 3.05) is 11.9 Å². The molecule has 1 fully saturated rings. The van der Waals surface area contributed by atoms with Crippen LogP contribution >= 0.6 is 0 Å². The summed E-state index contributed by atoms with van der Waals surface area (Å²) in [6.45, 7) is 0.289. The third-order valence-electron chi connectivity index (χ3n) is 3.21. The Bertz CT molecular complexity index is 591. The summed E-state index contributed by atoms with van der Waals surface area (Å²) in [5.41, 5.74) is 1.64. The second kappa shape index (κ2) is 5.78. The maximum atomic E-state index is 12.2. The predicted molar refractivity (Wildman–Crippen MR) is 79.4 cm³/mol. The van der Waals surface area contributed by atoms with Gasteiger partial charge in [-0.3, -0.25) is 4.79 Å². The van der Waals surface area contributed by atoms with E-state index in [1.807, 2.05) is 54.6 Å². The average Bonchev–Trinajstić information content (AvgIpc) is 3.30. The van der Waals surface area contributed by atoms with Crippen molar-refractivity contribution in [3.63, 3.8) is 0 Å². The van der Waals surface area contributed by atoms with Crippen LogP contribution < -0.4 is 10.1 Å². The minimum absolute atomic E-state index is 0.0649. The minimum atomic E-state index is 0.0649. The van der Waals surface area contributed by atoms with Crippen molar-refractivity contribution in [1.29, 1.82) is 0 Å². The van der Waals surface area contributed by atoms with E-state index in [2.05, 4.69) is 5.32 Å². The Morgan fingerprint density at radius 1 is 1.10 bits per heavy atom. The quantitative estimate of drug-likeness (QED) is 0.814. The molecule has 0 spiro atoms. The molecule has 0 heterocycles. The van der Waals surface area contributed by atoms with Crippen LogP contribution in [0.25, 0.3) is 0 Å². The van der Waals surface area contributed by atoms with Gasteiger partial charge in [0, 0.05) is 11.3 Å². The molecule has 2 aromatic rings. The van der Waals surface area contributed by atoms with Crippen molar-refractivity contribution in [2.45, 2.75) is 18.9 Å². The van der Waals surface area contributed by atoms with Crippen LogP contribution in [0.4, 0.5) is 5.69 Å². The summed E-state index contributed by atoms with van der Waals surface area (Å²) >= 11 is 0. The highest BCUT2D eigenvalue weighted by molar-refractivity contribution is 5.99. The molecule has 0 radical (unpaired) electrons. The predicted octanol–water partition coefficient (Wildman–Crippen LogP) is 3.52. The SMILES string of the molecule is O=C(CNc1ccccc1)c1cccc(OC2CC2)c1. The lowest BCUT2D eigenvalue weighted by Gasteiger charge is -2.08. The van der Waals surface area contributed by atoms with Gasteiger partial charge < -0.3 is 10.1 Å². The standard InChI is InChI=1S/C17H17NO2/c19-17(12-18-14-6-2-1-3-7-14)13-5-4-8-16(11-13)20-15-9-10-15/h1-8,11,15,18H,9-10,12H2. The smallest absolute Gasteiger partial charge is 0.181 e. The van der Waals surface area contributed by atoms with Gasteiger partial charge in [0.25, 0.3) is 0 Å². The first-order chi connectivity index (χ1) is 9.81. The molecule has 0 saturated heterocycles. The van der Waals surface area contributed by atoms with Gasteiger partial charge in [0.2, 0.25) is 0 Å². The van der Waals surface area contributed by atoms with Gasteiger partial charge in [-0.1, -0.05) is 30.3 Å². The Kier molecular flexibility index (Phi) is 3.68. The van der Waals surface area contributed by atoms with E-state index in [1.165, 1.54) is 0 Å². The summed E-state index contributed by atoms with van der Waals surface area (Å²) in [5, 5.41) is 3.13. The summed E-state index contributed by atoms with van der Waals surface area (Å²) in [7, 11) is 0. The first-order valence-corrected chi connectivity index (χ1v) is 6.90. The number of ether oxygens (including phenoxy) is 1. The van der Waals surface area contributed by atoms with Gasteiger partial charge in [-0.15, -0.1) is 0 Å². The number of rotatable bonds is 6. The molecule has 0 amide bonds. The van der Waals surface area contributed by atoms with Crippen LogP contribution in [0.5, 0.6) is 5.75 Å². The van der Waals surface area contributed by atoms with E-state index >= 15 is 0 Å². The lowest BCUT2D eigenvalue weighted by Crippen LogP contribution is -2.14. The summed E-state index contributed by atoms with van der Waals surface area (Å²) < 4.78 is 5.71. The lowest BCUT2D eigenvalue weighted by atomic mass is 10.1. The Morgan fingerprint density at radius 3 is 2.65 bits per heavy atom. The van der Waals surface area contributed by atoms with Gasteiger partial charge in [0.05, 0.1) is 12.6 Å². The molecule has 3 nitrogen and oxygen atoms in total. The monoisotopic (exact) mass is 267 g/mol. The molecule has 0 aliphatic heterocycles. The highest BCUT2D eigenvalue weighted by atomic mass is 16.5. The van der Waals surface area contributed by atoms with Crippen LogP contribution in [0, 0.1) is 0 Å². The average molecular weight is 267 g/mol. The van der Waals surface area contributed by atoms with Crippen LogP contribution in [0.2, 0.25) is 0 Å². The molecule has 3 rings (SSSR count). The van der Waals surface area contributed by atoms with Crippen molar-refractivity contribution in [1.82, 2.24) is 0 Å². The van der Waals surface area contributed by atoms with Gasteiger partial charge in [-0.2, -0.15) is 0 Å². The van der Waals surface area contributed by atoms with E-state index in [1.54, 1.807) is 0 Å². The first-order valence-electron chi connectivity index (χ1n) is 6.90. The molecule has 0 atom stereocenters. The van der Waals surface area contributed by atoms with Gasteiger partial charge in [-0.25, -0.2) is 0 Å². The van der Waals surface area contributed by atoms with E-state index in [9.17, 15) is 4.79 Å². The van der Waals surface area contributed by atoms with E-state index in [4.69, 9.17) is 4.74 Å². The van der Waals surface area contributed by atoms with Gasteiger partial charge in [0.15, 0.2) is 5.78 Å². The van der Waals surface area contributed by atoms with E-state index < -0.39 is 0 Å². The van der Waals surface area contributed by atoms with Crippen molar-refractivity contribution in [3.8, 4) is 5.75 Å². The number of anilines is 1. The number of para-hydroxylation sites is 1. The maximum Gasteiger partial charge on any atom is 0.181 e. The first kappa shape index (κ1) is 12.7. The second-order valence-electron chi connectivity index (χ2n) is 4.99. The summed E-state index contributed by atoms with van der Waals surface area (Å²) in [4.78, 5) is 12.2. The molecule has 3 heteroatoms. The lowest BCUT2D eigenvalue weighted by molar-refractivity contribution is 0.101. The number of carbonyl (C=O) groups is 1. The van der Waals surface area contributed by atoms with Crippen LogP contribution in [0.1, 0.15) is 23.2 Å². The number of carbonyl (C=O) groups excluding carboxylic acids is 1. The zero-order valence-corrected chi connectivity index (χ0v) is 11.2. The third kappa shape index (κ3) is 3.38. The summed E-state index contributed by atoms with van der Waals surface area (Å²) in [5.74, 6) is 0.855. The van der Waals surface area contributed by atoms with Crippen molar-refractivity contribution >= 4 is 11.5 Å². The molecule has 0 bridgehead atoms. The minimum Gasteiger partial charge on any atom is -0.490 e. The molecule has 1 saturated carbocycles. The molecule has 102 valence electrons. The maximum absolute atomic E-state index is 12.2. The Hall–Kier alpha value is -2.29. The molecule has 1 aliphatic rings. The van der Waals surface area contributed by atoms with Gasteiger partial charge >= 0.3 is 0 Å². The van der Waals surface area contributed by atoms with E-state index in [0.29, 0.717) is 11.7 Å². The van der Waals surface area contributed by atoms with Gasteiger partial charge in [0.1, 0.15) is 5.75 Å². The van der Waals surface area contributed by atoms with Crippen molar-refractivity contribution in [2.24, 2.45) is 0 Å². The number of nitrogens with one attached hydrogen (secondary N) is 1. The number of benzene rings is 2. The van der Waals surface area contributed by atoms with Gasteiger partial charge in [-0.05, 0) is 37.1 Å². The van der Waals surface area contributed by atoms with Crippen LogP contribution in [0.15, 0.2) is 54.6 Å². The molecule has 20 heavy (non-hydrogen) atoms. The largest absolute Gasteiger partial charge is 0.490 e.